The van der Waals surface area contributed by atoms with E-state index >= 15 is 0 Å². The Bertz CT molecular complexity index is 778. The second-order valence-corrected chi connectivity index (χ2v) is 4.28. The molecule has 0 aliphatic rings. The van der Waals surface area contributed by atoms with Crippen LogP contribution in [0.1, 0.15) is 16.3 Å². The van der Waals surface area contributed by atoms with Gasteiger partial charge < -0.3 is 9.67 Å². The number of hydrogen-bond donors (Lipinski definition) is 1. The Hall–Kier alpha value is -3.10. The van der Waals surface area contributed by atoms with Crippen LogP contribution in [0.3, 0.4) is 0 Å². The quantitative estimate of drug-likeness (QED) is 0.729. The summed E-state index contributed by atoms with van der Waals surface area (Å²) in [5, 5.41) is 16.8. The minimum absolute atomic E-state index is 0.153. The van der Waals surface area contributed by atoms with Gasteiger partial charge in [-0.25, -0.2) is 24.4 Å². The highest BCUT2D eigenvalue weighted by atomic mass is 16.4. The largest absolute Gasteiger partial charge is 0.476 e. The van der Waals surface area contributed by atoms with Crippen LogP contribution in [0.15, 0.2) is 30.9 Å². The first-order valence-corrected chi connectivity index (χ1v) is 6.07. The monoisotopic (exact) mass is 285 g/mol. The number of rotatable bonds is 4. The Morgan fingerprint density at radius 3 is 2.62 bits per heavy atom. The number of aryl methyl sites for hydroxylation is 1. The van der Waals surface area contributed by atoms with Crippen molar-refractivity contribution in [3.63, 3.8) is 0 Å². The number of nitrogens with zero attached hydrogens (tertiary/aromatic N) is 7. The van der Waals surface area contributed by atoms with Crippen molar-refractivity contribution in [2.45, 2.75) is 6.54 Å². The average molecular weight is 285 g/mol. The normalized spacial score (nSPS) is 10.7. The van der Waals surface area contributed by atoms with Crippen molar-refractivity contribution in [3.8, 4) is 11.5 Å². The lowest BCUT2D eigenvalue weighted by molar-refractivity contribution is 0.0691. The van der Waals surface area contributed by atoms with Gasteiger partial charge in [-0.1, -0.05) is 5.21 Å². The lowest BCUT2D eigenvalue weighted by atomic mass is 10.3. The van der Waals surface area contributed by atoms with Gasteiger partial charge in [-0.15, -0.1) is 5.10 Å². The van der Waals surface area contributed by atoms with Gasteiger partial charge in [-0.05, 0) is 6.07 Å². The molecule has 3 aromatic heterocycles. The van der Waals surface area contributed by atoms with Crippen LogP contribution in [0.2, 0.25) is 0 Å². The van der Waals surface area contributed by atoms with Gasteiger partial charge in [-0.2, -0.15) is 0 Å². The number of carboxylic acids is 1. The van der Waals surface area contributed by atoms with Crippen LogP contribution in [0.4, 0.5) is 0 Å². The van der Waals surface area contributed by atoms with Gasteiger partial charge in [0.25, 0.3) is 0 Å². The number of carboxylic acid groups (broad SMARTS) is 1. The van der Waals surface area contributed by atoms with Crippen LogP contribution in [-0.2, 0) is 13.6 Å². The highest BCUT2D eigenvalue weighted by molar-refractivity contribution is 5.91. The van der Waals surface area contributed by atoms with Crippen LogP contribution in [-0.4, -0.2) is 45.6 Å². The molecular weight excluding hydrogens is 274 g/mol. The third kappa shape index (κ3) is 2.36. The first-order valence-electron chi connectivity index (χ1n) is 6.07. The fraction of sp³-hybridized carbons (Fsp3) is 0.167. The fourth-order valence-corrected chi connectivity index (χ4v) is 1.93. The first-order chi connectivity index (χ1) is 10.2. The number of hydrogen-bond acceptors (Lipinski definition) is 6. The Morgan fingerprint density at radius 2 is 2.00 bits per heavy atom. The molecule has 3 heterocycles. The molecule has 1 N–H and O–H groups in total. The zero-order valence-corrected chi connectivity index (χ0v) is 11.1. The maximum Gasteiger partial charge on any atom is 0.358 e. The van der Waals surface area contributed by atoms with E-state index in [0.717, 1.165) is 0 Å². The summed E-state index contributed by atoms with van der Waals surface area (Å²) in [7, 11) is 1.77. The molecule has 0 aliphatic heterocycles. The van der Waals surface area contributed by atoms with Gasteiger partial charge >= 0.3 is 5.97 Å². The predicted molar refractivity (Wildman–Crippen MR) is 70.3 cm³/mol. The minimum atomic E-state index is -1.16. The van der Waals surface area contributed by atoms with Crippen LogP contribution < -0.4 is 0 Å². The van der Waals surface area contributed by atoms with E-state index in [9.17, 15) is 9.90 Å². The van der Waals surface area contributed by atoms with Crippen LogP contribution in [0.5, 0.6) is 0 Å². The van der Waals surface area contributed by atoms with Crippen molar-refractivity contribution >= 4 is 5.97 Å². The number of carbonyl (C=O) groups is 1. The summed E-state index contributed by atoms with van der Waals surface area (Å²) in [6, 6.07) is 1.70. The average Bonchev–Trinajstić information content (AvgIpc) is 3.06. The smallest absolute Gasteiger partial charge is 0.358 e. The summed E-state index contributed by atoms with van der Waals surface area (Å²) in [5.74, 6) is -0.184. The molecule has 3 rings (SSSR count). The molecule has 0 aromatic carbocycles. The second-order valence-electron chi connectivity index (χ2n) is 4.28. The minimum Gasteiger partial charge on any atom is -0.476 e. The van der Waals surface area contributed by atoms with E-state index in [1.165, 1.54) is 4.68 Å². The molecule has 0 amide bonds. The van der Waals surface area contributed by atoms with Crippen LogP contribution >= 0.6 is 0 Å². The van der Waals surface area contributed by atoms with Crippen molar-refractivity contribution in [2.75, 3.05) is 0 Å². The predicted octanol–water partition coefficient (Wildman–Crippen LogP) is 0.215. The molecule has 9 heteroatoms. The summed E-state index contributed by atoms with van der Waals surface area (Å²) in [4.78, 5) is 23.7. The standard InChI is InChI=1S/C12H11N7O2/c1-18-6-5-15-11(18)10-9(12(20)21)16-17-19(10)7-8-13-3-2-4-14-8/h2-6H,7H2,1H3,(H,20,21). The summed E-state index contributed by atoms with van der Waals surface area (Å²) in [5.41, 5.74) is 0.169. The molecule has 3 aromatic rings. The molecule has 9 nitrogen and oxygen atoms in total. The second kappa shape index (κ2) is 5.12. The third-order valence-electron chi connectivity index (χ3n) is 2.88. The molecule has 0 radical (unpaired) electrons. The molecule has 0 fully saturated rings. The van der Waals surface area contributed by atoms with Crippen molar-refractivity contribution in [1.29, 1.82) is 0 Å². The highest BCUT2D eigenvalue weighted by Gasteiger charge is 2.23. The summed E-state index contributed by atoms with van der Waals surface area (Å²) < 4.78 is 3.13. The molecular formula is C12H11N7O2. The Morgan fingerprint density at radius 1 is 1.24 bits per heavy atom. The fourth-order valence-electron chi connectivity index (χ4n) is 1.93. The maximum atomic E-state index is 11.3. The molecule has 106 valence electrons. The molecule has 0 saturated heterocycles. The van der Waals surface area contributed by atoms with E-state index in [1.54, 1.807) is 42.5 Å². The van der Waals surface area contributed by atoms with E-state index < -0.39 is 5.97 Å². The molecule has 0 bridgehead atoms. The first kappa shape index (κ1) is 12.9. The van der Waals surface area contributed by atoms with Gasteiger partial charge in [0.2, 0.25) is 5.69 Å². The van der Waals surface area contributed by atoms with Gasteiger partial charge in [0.05, 0.1) is 0 Å². The molecule has 21 heavy (non-hydrogen) atoms. The van der Waals surface area contributed by atoms with Gasteiger partial charge in [0.15, 0.2) is 5.82 Å². The Labute approximate surface area is 118 Å². The number of aromatic carboxylic acids is 1. The van der Waals surface area contributed by atoms with E-state index in [0.29, 0.717) is 17.3 Å². The molecule has 0 atom stereocenters. The van der Waals surface area contributed by atoms with E-state index in [-0.39, 0.29) is 12.2 Å². The van der Waals surface area contributed by atoms with Crippen molar-refractivity contribution in [1.82, 2.24) is 34.5 Å². The topological polar surface area (TPSA) is 112 Å². The lowest BCUT2D eigenvalue weighted by Gasteiger charge is -2.06. The zero-order chi connectivity index (χ0) is 14.8. The SMILES string of the molecule is Cn1ccnc1-c1c(C(=O)O)nnn1Cc1ncccn1. The summed E-state index contributed by atoms with van der Waals surface area (Å²) >= 11 is 0. The van der Waals surface area contributed by atoms with Gasteiger partial charge in [0.1, 0.15) is 18.1 Å². The zero-order valence-electron chi connectivity index (χ0n) is 11.1. The maximum absolute atomic E-state index is 11.3. The lowest BCUT2D eigenvalue weighted by Crippen LogP contribution is -2.10. The summed E-state index contributed by atoms with van der Waals surface area (Å²) in [6.45, 7) is 0.212. The van der Waals surface area contributed by atoms with Gasteiger partial charge in [-0.3, -0.25) is 0 Å². The van der Waals surface area contributed by atoms with E-state index in [4.69, 9.17) is 0 Å². The molecule has 0 saturated carbocycles. The molecule has 0 unspecified atom stereocenters. The third-order valence-corrected chi connectivity index (χ3v) is 2.88. The molecule has 0 aliphatic carbocycles. The Balaban J connectivity index is 2.10. The van der Waals surface area contributed by atoms with Crippen molar-refractivity contribution < 1.29 is 9.90 Å². The van der Waals surface area contributed by atoms with Crippen molar-refractivity contribution in [2.24, 2.45) is 7.05 Å². The number of imidazole rings is 1. The van der Waals surface area contributed by atoms with Crippen LogP contribution in [0, 0.1) is 0 Å². The van der Waals surface area contributed by atoms with E-state index in [1.807, 2.05) is 0 Å². The summed E-state index contributed by atoms with van der Waals surface area (Å²) in [6.07, 6.45) is 6.52. The van der Waals surface area contributed by atoms with Crippen LogP contribution in [0.25, 0.3) is 11.5 Å². The van der Waals surface area contributed by atoms with E-state index in [2.05, 4.69) is 25.3 Å². The highest BCUT2D eigenvalue weighted by Crippen LogP contribution is 2.20. The van der Waals surface area contributed by atoms with Gasteiger partial charge in [0, 0.05) is 31.8 Å². The van der Waals surface area contributed by atoms with Crippen molar-refractivity contribution in [3.05, 3.63) is 42.4 Å². The number of aromatic nitrogens is 7. The Kier molecular flexibility index (Phi) is 3.14. The molecule has 0 spiro atoms.